The topological polar surface area (TPSA) is 47.6 Å². The number of rotatable bonds is 7. The lowest BCUT2D eigenvalue weighted by atomic mass is 10.2. The van der Waals surface area contributed by atoms with E-state index in [1.807, 2.05) is 0 Å². The lowest BCUT2D eigenvalue weighted by molar-refractivity contribution is -0.127. The van der Waals surface area contributed by atoms with Gasteiger partial charge in [0.15, 0.2) is 17.7 Å². The monoisotopic (exact) mass is 435 g/mol. The molecule has 2 rings (SSSR count). The molecule has 0 bridgehead atoms. The van der Waals surface area contributed by atoms with Gasteiger partial charge in [-0.2, -0.15) is 8.78 Å². The molecule has 1 unspecified atom stereocenters. The Labute approximate surface area is 155 Å². The molecule has 140 valence electrons. The molecule has 2 aromatic carbocycles. The highest BCUT2D eigenvalue weighted by Gasteiger charge is 2.17. The van der Waals surface area contributed by atoms with Crippen LogP contribution in [-0.4, -0.2) is 18.6 Å². The van der Waals surface area contributed by atoms with Crippen molar-refractivity contribution >= 4 is 21.8 Å². The molecule has 0 radical (unpaired) electrons. The second-order valence-corrected chi connectivity index (χ2v) is 6.10. The van der Waals surface area contributed by atoms with Crippen molar-refractivity contribution in [2.24, 2.45) is 0 Å². The number of nitrogens with one attached hydrogen (secondary N) is 1. The minimum absolute atomic E-state index is 0.0178. The van der Waals surface area contributed by atoms with Crippen molar-refractivity contribution < 1.29 is 31.8 Å². The number of ether oxygens (including phenoxy) is 2. The zero-order chi connectivity index (χ0) is 19.3. The summed E-state index contributed by atoms with van der Waals surface area (Å²) in [5.41, 5.74) is 0.327. The van der Waals surface area contributed by atoms with E-state index in [1.54, 1.807) is 0 Å². The van der Waals surface area contributed by atoms with Gasteiger partial charge in [-0.3, -0.25) is 4.79 Å². The molecule has 2 aromatic rings. The van der Waals surface area contributed by atoms with Crippen LogP contribution in [-0.2, 0) is 11.3 Å². The average molecular weight is 436 g/mol. The Hall–Kier alpha value is -2.29. The third-order valence-corrected chi connectivity index (χ3v) is 3.76. The Balaban J connectivity index is 1.99. The van der Waals surface area contributed by atoms with E-state index in [9.17, 15) is 22.4 Å². The van der Waals surface area contributed by atoms with Crippen molar-refractivity contribution in [3.05, 3.63) is 58.1 Å². The lowest BCUT2D eigenvalue weighted by Crippen LogP contribution is -2.36. The summed E-state index contributed by atoms with van der Waals surface area (Å²) in [6.45, 7) is -1.68. The highest BCUT2D eigenvalue weighted by atomic mass is 79.9. The van der Waals surface area contributed by atoms with Gasteiger partial charge >= 0.3 is 6.61 Å². The average Bonchev–Trinajstić information content (AvgIpc) is 2.57. The third kappa shape index (κ3) is 5.62. The van der Waals surface area contributed by atoms with Gasteiger partial charge in [0, 0.05) is 22.6 Å². The van der Waals surface area contributed by atoms with Crippen molar-refractivity contribution in [2.45, 2.75) is 26.2 Å². The van der Waals surface area contributed by atoms with Crippen LogP contribution in [0.1, 0.15) is 12.5 Å². The molecule has 0 aliphatic rings. The van der Waals surface area contributed by atoms with Gasteiger partial charge in [-0.25, -0.2) is 8.78 Å². The number of halogens is 5. The van der Waals surface area contributed by atoms with Crippen molar-refractivity contribution in [3.63, 3.8) is 0 Å². The third-order valence-electron chi connectivity index (χ3n) is 3.26. The Bertz CT molecular complexity index is 789. The van der Waals surface area contributed by atoms with Gasteiger partial charge in [-0.05, 0) is 37.3 Å². The summed E-state index contributed by atoms with van der Waals surface area (Å²) in [6.07, 6.45) is -1.02. The number of hydrogen-bond acceptors (Lipinski definition) is 3. The van der Waals surface area contributed by atoms with Crippen LogP contribution in [0.25, 0.3) is 0 Å². The molecule has 0 aliphatic carbocycles. The second-order valence-electron chi connectivity index (χ2n) is 5.18. The molecule has 0 spiro atoms. The summed E-state index contributed by atoms with van der Waals surface area (Å²) in [7, 11) is 0. The van der Waals surface area contributed by atoms with Crippen LogP contribution in [0.5, 0.6) is 11.5 Å². The van der Waals surface area contributed by atoms with E-state index in [0.29, 0.717) is 10.0 Å². The first-order valence-corrected chi connectivity index (χ1v) is 8.18. The minimum Gasteiger partial charge on any atom is -0.481 e. The van der Waals surface area contributed by atoms with Crippen LogP contribution in [0.4, 0.5) is 17.6 Å². The maximum Gasteiger partial charge on any atom is 0.387 e. The minimum atomic E-state index is -3.00. The number of amides is 1. The first kappa shape index (κ1) is 20.0. The molecule has 1 atom stereocenters. The zero-order valence-corrected chi connectivity index (χ0v) is 15.0. The predicted octanol–water partition coefficient (Wildman–Crippen LogP) is 4.41. The standard InChI is InChI=1S/C17H14BrF4NO3/c1-9(25-12-3-4-13(19)14(20)7-12)16(24)23-8-10-6-11(18)2-5-15(10)26-17(21)22/h2-7,9,17H,8H2,1H3,(H,23,24). The van der Waals surface area contributed by atoms with Gasteiger partial charge in [-0.15, -0.1) is 0 Å². The van der Waals surface area contributed by atoms with Crippen molar-refractivity contribution in [1.82, 2.24) is 5.32 Å². The summed E-state index contributed by atoms with van der Waals surface area (Å²) in [5, 5.41) is 2.51. The highest BCUT2D eigenvalue weighted by Crippen LogP contribution is 2.25. The van der Waals surface area contributed by atoms with Gasteiger partial charge in [0.25, 0.3) is 5.91 Å². The molecule has 0 aliphatic heterocycles. The zero-order valence-electron chi connectivity index (χ0n) is 13.4. The van der Waals surface area contributed by atoms with Gasteiger partial charge in [-0.1, -0.05) is 15.9 Å². The summed E-state index contributed by atoms with van der Waals surface area (Å²) in [6, 6.07) is 7.29. The maximum absolute atomic E-state index is 13.2. The summed E-state index contributed by atoms with van der Waals surface area (Å²) >= 11 is 3.21. The van der Waals surface area contributed by atoms with Crippen LogP contribution in [0.3, 0.4) is 0 Å². The van der Waals surface area contributed by atoms with E-state index in [0.717, 1.165) is 12.1 Å². The van der Waals surface area contributed by atoms with Crippen LogP contribution in [0.15, 0.2) is 40.9 Å². The van der Waals surface area contributed by atoms with E-state index >= 15 is 0 Å². The molecule has 4 nitrogen and oxygen atoms in total. The van der Waals surface area contributed by atoms with Crippen LogP contribution in [0, 0.1) is 11.6 Å². The number of carbonyl (C=O) groups is 1. The van der Waals surface area contributed by atoms with E-state index in [-0.39, 0.29) is 18.0 Å². The van der Waals surface area contributed by atoms with Gasteiger partial charge in [0.2, 0.25) is 0 Å². The maximum atomic E-state index is 13.2. The van der Waals surface area contributed by atoms with Gasteiger partial charge in [0.05, 0.1) is 0 Å². The fourth-order valence-corrected chi connectivity index (χ4v) is 2.44. The molecule has 0 saturated carbocycles. The molecular weight excluding hydrogens is 422 g/mol. The molecule has 0 fully saturated rings. The van der Waals surface area contributed by atoms with Crippen molar-refractivity contribution in [3.8, 4) is 11.5 Å². The molecular formula is C17H14BrF4NO3. The van der Waals surface area contributed by atoms with E-state index < -0.39 is 30.3 Å². The molecule has 0 aromatic heterocycles. The number of benzene rings is 2. The summed E-state index contributed by atoms with van der Waals surface area (Å²) in [4.78, 5) is 12.1. The summed E-state index contributed by atoms with van der Waals surface area (Å²) in [5.74, 6) is -2.79. The van der Waals surface area contributed by atoms with Gasteiger partial charge < -0.3 is 14.8 Å². The Morgan fingerprint density at radius 2 is 1.85 bits per heavy atom. The number of alkyl halides is 2. The Kier molecular flexibility index (Phi) is 6.84. The number of carbonyl (C=O) groups excluding carboxylic acids is 1. The second kappa shape index (κ2) is 8.88. The van der Waals surface area contributed by atoms with Crippen molar-refractivity contribution in [2.75, 3.05) is 0 Å². The molecule has 0 saturated heterocycles. The van der Waals surface area contributed by atoms with Crippen LogP contribution >= 0.6 is 15.9 Å². The molecule has 1 amide bonds. The summed E-state index contributed by atoms with van der Waals surface area (Å²) < 4.78 is 61.2. The molecule has 9 heteroatoms. The van der Waals surface area contributed by atoms with E-state index in [1.165, 1.54) is 31.2 Å². The van der Waals surface area contributed by atoms with Crippen molar-refractivity contribution in [1.29, 1.82) is 0 Å². The van der Waals surface area contributed by atoms with Crippen LogP contribution in [0.2, 0.25) is 0 Å². The first-order chi connectivity index (χ1) is 12.3. The SMILES string of the molecule is CC(Oc1ccc(F)c(F)c1)C(=O)NCc1cc(Br)ccc1OC(F)F. The van der Waals surface area contributed by atoms with E-state index in [2.05, 4.69) is 26.0 Å². The highest BCUT2D eigenvalue weighted by molar-refractivity contribution is 9.10. The number of hydrogen-bond donors (Lipinski definition) is 1. The smallest absolute Gasteiger partial charge is 0.387 e. The molecule has 26 heavy (non-hydrogen) atoms. The molecule has 0 heterocycles. The van der Waals surface area contributed by atoms with Crippen LogP contribution < -0.4 is 14.8 Å². The Morgan fingerprint density at radius 3 is 2.50 bits per heavy atom. The fourth-order valence-electron chi connectivity index (χ4n) is 2.03. The van der Waals surface area contributed by atoms with Gasteiger partial charge in [0.1, 0.15) is 11.5 Å². The predicted molar refractivity (Wildman–Crippen MR) is 89.1 cm³/mol. The largest absolute Gasteiger partial charge is 0.481 e. The fraction of sp³-hybridized carbons (Fsp3) is 0.235. The molecule has 1 N–H and O–H groups in total. The Morgan fingerprint density at radius 1 is 1.12 bits per heavy atom. The first-order valence-electron chi connectivity index (χ1n) is 7.39. The van der Waals surface area contributed by atoms with E-state index in [4.69, 9.17) is 4.74 Å². The normalized spacial score (nSPS) is 12.0. The lowest BCUT2D eigenvalue weighted by Gasteiger charge is -2.16. The quantitative estimate of drug-likeness (QED) is 0.655.